The van der Waals surface area contributed by atoms with Crippen LogP contribution in [-0.2, 0) is 14.3 Å². The van der Waals surface area contributed by atoms with Gasteiger partial charge in [0.2, 0.25) is 0 Å². The minimum absolute atomic E-state index is 0.0454. The lowest BCUT2D eigenvalue weighted by molar-refractivity contribution is -0.345. The van der Waals surface area contributed by atoms with Crippen molar-refractivity contribution in [2.45, 2.75) is 142 Å². The number of hydrogen-bond acceptors (Lipinski definition) is 10. The molecule has 268 valence electrons. The highest BCUT2D eigenvalue weighted by molar-refractivity contribution is 5.77. The molecule has 5 fully saturated rings. The van der Waals surface area contributed by atoms with Gasteiger partial charge < -0.3 is 50.3 Å². The van der Waals surface area contributed by atoms with E-state index in [0.29, 0.717) is 38.5 Å². The molecule has 4 saturated carbocycles. The number of aliphatic carboxylic acids is 1. The smallest absolute Gasteiger partial charge is 0.312 e. The normalized spacial score (nSPS) is 55.5. The van der Waals surface area contributed by atoms with E-state index in [0.717, 1.165) is 12.8 Å². The fourth-order valence-electron chi connectivity index (χ4n) is 12.4. The Morgan fingerprint density at radius 2 is 1.57 bits per heavy atom. The van der Waals surface area contributed by atoms with Gasteiger partial charge >= 0.3 is 5.97 Å². The van der Waals surface area contributed by atoms with E-state index in [1.165, 1.54) is 5.57 Å². The fourth-order valence-corrected chi connectivity index (χ4v) is 12.4. The van der Waals surface area contributed by atoms with E-state index in [1.54, 1.807) is 0 Å². The van der Waals surface area contributed by atoms with E-state index in [1.807, 2.05) is 6.92 Å². The lowest BCUT2D eigenvalue weighted by atomic mass is 9.33. The van der Waals surface area contributed by atoms with Crippen LogP contribution < -0.4 is 0 Å². The SMILES string of the molecule is CC1(C)CC[C@]2(C(=O)O)[C@@H](O)C[C@]3(C)C(=CC[C@@H]4[C@@]5(C)C[C@H](O)[C@H](O[C@@H]6O[C@H](CO)[C@@H](O)[C@H](O)[C@H]6O)[C@@](C)(CO)[C@@H]5CC[C@]43C)[C@@H]2C1. The van der Waals surface area contributed by atoms with Gasteiger partial charge in [-0.1, -0.05) is 53.2 Å². The van der Waals surface area contributed by atoms with Crippen molar-refractivity contribution in [2.24, 2.45) is 50.2 Å². The van der Waals surface area contributed by atoms with Crippen molar-refractivity contribution < 1.29 is 55.1 Å². The van der Waals surface area contributed by atoms with E-state index < -0.39 is 83.3 Å². The van der Waals surface area contributed by atoms with Crippen molar-refractivity contribution >= 4 is 5.97 Å². The molecule has 8 N–H and O–H groups in total. The summed E-state index contributed by atoms with van der Waals surface area (Å²) in [7, 11) is 0. The van der Waals surface area contributed by atoms with Crippen molar-refractivity contribution in [3.8, 4) is 0 Å². The van der Waals surface area contributed by atoms with Crippen LogP contribution in [0.25, 0.3) is 0 Å². The highest BCUT2D eigenvalue weighted by Gasteiger charge is 2.72. The fraction of sp³-hybridized carbons (Fsp3) is 0.917. The van der Waals surface area contributed by atoms with Crippen LogP contribution in [0, 0.1) is 50.2 Å². The lowest BCUT2D eigenvalue weighted by Gasteiger charge is -2.72. The van der Waals surface area contributed by atoms with Gasteiger partial charge in [0.1, 0.15) is 29.8 Å². The summed E-state index contributed by atoms with van der Waals surface area (Å²) in [6, 6.07) is 0. The molecule has 0 spiro atoms. The molecule has 47 heavy (non-hydrogen) atoms. The van der Waals surface area contributed by atoms with Crippen molar-refractivity contribution in [1.82, 2.24) is 0 Å². The minimum atomic E-state index is -1.63. The Kier molecular flexibility index (Phi) is 8.68. The van der Waals surface area contributed by atoms with E-state index >= 15 is 0 Å². The first-order chi connectivity index (χ1) is 21.8. The van der Waals surface area contributed by atoms with Crippen LogP contribution in [0.15, 0.2) is 11.6 Å². The van der Waals surface area contributed by atoms with Gasteiger partial charge in [0.05, 0.1) is 31.5 Å². The van der Waals surface area contributed by atoms with Crippen LogP contribution in [-0.4, -0.2) is 109 Å². The zero-order chi connectivity index (χ0) is 34.7. The molecule has 11 nitrogen and oxygen atoms in total. The lowest BCUT2D eigenvalue weighted by Crippen LogP contribution is -2.70. The molecular weight excluding hydrogens is 608 g/mol. The Balaban J connectivity index is 1.36. The topological polar surface area (TPSA) is 197 Å². The van der Waals surface area contributed by atoms with Crippen LogP contribution >= 0.6 is 0 Å². The number of allylic oxidation sites excluding steroid dienone is 2. The summed E-state index contributed by atoms with van der Waals surface area (Å²) in [5.74, 6) is -1.24. The van der Waals surface area contributed by atoms with Gasteiger partial charge in [-0.2, -0.15) is 0 Å². The molecule has 6 rings (SSSR count). The third-order valence-corrected chi connectivity index (χ3v) is 15.3. The Morgan fingerprint density at radius 3 is 2.19 bits per heavy atom. The van der Waals surface area contributed by atoms with Crippen LogP contribution in [0.2, 0.25) is 0 Å². The molecular formula is C36H58O11. The monoisotopic (exact) mass is 666 g/mol. The second-order valence-electron chi connectivity index (χ2n) is 18.0. The molecule has 0 aromatic carbocycles. The first-order valence-electron chi connectivity index (χ1n) is 17.6. The maximum Gasteiger partial charge on any atom is 0.312 e. The number of carboxylic acid groups (broad SMARTS) is 1. The Morgan fingerprint density at radius 1 is 0.894 bits per heavy atom. The molecule has 0 amide bonds. The molecule has 0 bridgehead atoms. The summed E-state index contributed by atoms with van der Waals surface area (Å²) in [5, 5.41) is 86.5. The molecule has 5 aliphatic carbocycles. The number of fused-ring (bicyclic) bond motifs is 7. The summed E-state index contributed by atoms with van der Waals surface area (Å²) >= 11 is 0. The van der Waals surface area contributed by atoms with Gasteiger partial charge in [-0.25, -0.2) is 0 Å². The quantitative estimate of drug-likeness (QED) is 0.158. The predicted octanol–water partition coefficient (Wildman–Crippen LogP) is 1.97. The van der Waals surface area contributed by atoms with E-state index in [9.17, 15) is 45.6 Å². The van der Waals surface area contributed by atoms with Gasteiger partial charge in [-0.05, 0) is 90.8 Å². The highest BCUT2D eigenvalue weighted by Crippen LogP contribution is 2.76. The molecule has 11 heteroatoms. The Labute approximate surface area is 278 Å². The van der Waals surface area contributed by atoms with E-state index in [2.05, 4.69) is 40.7 Å². The van der Waals surface area contributed by atoms with Crippen LogP contribution in [0.3, 0.4) is 0 Å². The van der Waals surface area contributed by atoms with Crippen LogP contribution in [0.1, 0.15) is 92.9 Å². The third-order valence-electron chi connectivity index (χ3n) is 15.3. The number of rotatable bonds is 5. The molecule has 1 saturated heterocycles. The third kappa shape index (κ3) is 4.74. The molecule has 0 aromatic rings. The Hall–Kier alpha value is -1.15. The largest absolute Gasteiger partial charge is 0.481 e. The predicted molar refractivity (Wildman–Crippen MR) is 170 cm³/mol. The summed E-state index contributed by atoms with van der Waals surface area (Å²) in [6.07, 6.45) is -3.39. The number of aliphatic hydroxyl groups is 7. The van der Waals surface area contributed by atoms with Gasteiger partial charge in [0, 0.05) is 5.41 Å². The van der Waals surface area contributed by atoms with Crippen molar-refractivity contribution in [2.75, 3.05) is 13.2 Å². The van der Waals surface area contributed by atoms with Crippen molar-refractivity contribution in [3.63, 3.8) is 0 Å². The van der Waals surface area contributed by atoms with Crippen molar-refractivity contribution in [3.05, 3.63) is 11.6 Å². The average molecular weight is 667 g/mol. The zero-order valence-corrected chi connectivity index (χ0v) is 28.8. The second-order valence-corrected chi connectivity index (χ2v) is 18.0. The Bertz CT molecular complexity index is 1270. The van der Waals surface area contributed by atoms with Gasteiger partial charge in [0.15, 0.2) is 6.29 Å². The maximum absolute atomic E-state index is 13.0. The first-order valence-corrected chi connectivity index (χ1v) is 17.6. The molecule has 0 aromatic heterocycles. The summed E-state index contributed by atoms with van der Waals surface area (Å²) < 4.78 is 11.9. The summed E-state index contributed by atoms with van der Waals surface area (Å²) in [5.41, 5.74) is -2.31. The first kappa shape index (κ1) is 35.7. The standard InChI is InChI=1S/C36H58O11/c1-31(2)11-12-36(30(44)45)19(13-31)18-7-8-23-32(3)14-20(39)28(47-29-27(43)26(42)25(41)21(16-37)46-29)33(4,17-38)22(32)9-10-34(23,5)35(18,6)15-24(36)40/h7,19-29,37-43H,8-17H2,1-6H3,(H,44,45)/t19-,20-,21+,22+,23+,24-,25+,26-,27+,28-,29-,32-,33-,34+,35+,36+/m0/s1. The van der Waals surface area contributed by atoms with Crippen LogP contribution in [0.5, 0.6) is 0 Å². The van der Waals surface area contributed by atoms with Gasteiger partial charge in [-0.3, -0.25) is 4.79 Å². The van der Waals surface area contributed by atoms with Gasteiger partial charge in [0.25, 0.3) is 0 Å². The number of hydrogen-bond donors (Lipinski definition) is 8. The minimum Gasteiger partial charge on any atom is -0.481 e. The molecule has 6 aliphatic rings. The maximum atomic E-state index is 13.0. The second kappa shape index (κ2) is 11.4. The number of carboxylic acids is 1. The summed E-state index contributed by atoms with van der Waals surface area (Å²) in [4.78, 5) is 13.0. The van der Waals surface area contributed by atoms with Crippen molar-refractivity contribution in [1.29, 1.82) is 0 Å². The summed E-state index contributed by atoms with van der Waals surface area (Å²) in [6.45, 7) is 12.1. The van der Waals surface area contributed by atoms with E-state index in [-0.39, 0.29) is 35.2 Å². The molecule has 16 atom stereocenters. The molecule has 0 unspecified atom stereocenters. The highest BCUT2D eigenvalue weighted by atomic mass is 16.7. The molecule has 1 aliphatic heterocycles. The molecule has 0 radical (unpaired) electrons. The van der Waals surface area contributed by atoms with E-state index in [4.69, 9.17) is 9.47 Å². The average Bonchev–Trinajstić information content (AvgIpc) is 2.98. The van der Waals surface area contributed by atoms with Crippen LogP contribution in [0.4, 0.5) is 0 Å². The number of carbonyl (C=O) groups is 1. The van der Waals surface area contributed by atoms with Gasteiger partial charge in [-0.15, -0.1) is 0 Å². The zero-order valence-electron chi connectivity index (χ0n) is 28.8. The number of aliphatic hydroxyl groups excluding tert-OH is 7. The number of ether oxygens (including phenoxy) is 2. The molecule has 1 heterocycles.